The van der Waals surface area contributed by atoms with E-state index < -0.39 is 5.60 Å². The van der Waals surface area contributed by atoms with Crippen LogP contribution in [-0.4, -0.2) is 39.7 Å². The second-order valence-electron chi connectivity index (χ2n) is 8.88. The first kappa shape index (κ1) is 23.5. The number of halogens is 1. The first-order chi connectivity index (χ1) is 15.8. The van der Waals surface area contributed by atoms with Gasteiger partial charge in [0.2, 0.25) is 0 Å². The molecule has 0 radical (unpaired) electrons. The Hall–Kier alpha value is -2.65. The molecule has 1 saturated heterocycles. The van der Waals surface area contributed by atoms with Crippen LogP contribution in [0, 0.1) is 0 Å². The molecule has 1 amide bonds. The maximum Gasteiger partial charge on any atom is 0.410 e. The number of para-hydroxylation sites is 1. The number of nitrogens with zero attached hydrogens (tertiary/aromatic N) is 3. The molecule has 1 atom stereocenters. The number of rotatable bonds is 5. The summed E-state index contributed by atoms with van der Waals surface area (Å²) in [6, 6.07) is 11.4. The Labute approximate surface area is 206 Å². The number of carbonyl (C=O) groups is 1. The van der Waals surface area contributed by atoms with E-state index in [1.807, 2.05) is 62.5 Å². The van der Waals surface area contributed by atoms with E-state index in [-0.39, 0.29) is 12.0 Å². The van der Waals surface area contributed by atoms with Gasteiger partial charge in [-0.3, -0.25) is 0 Å². The number of aromatic nitrogens is 2. The fraction of sp³-hybridized carbons (Fsp3) is 0.375. The molecule has 4 rings (SSSR count). The second-order valence-corrected chi connectivity index (χ2v) is 10.7. The number of ether oxygens (including phenoxy) is 2. The molecule has 0 bridgehead atoms. The Morgan fingerprint density at radius 1 is 1.27 bits per heavy atom. The minimum atomic E-state index is -0.501. The number of nitrogens with one attached hydrogen (secondary N) is 1. The monoisotopic (exact) mass is 530 g/mol. The molecule has 1 unspecified atom stereocenters. The maximum absolute atomic E-state index is 12.5. The average molecular weight is 531 g/mol. The predicted octanol–water partition coefficient (Wildman–Crippen LogP) is 6.95. The minimum Gasteiger partial charge on any atom is -0.453 e. The zero-order chi connectivity index (χ0) is 23.4. The van der Waals surface area contributed by atoms with Crippen LogP contribution < -0.4 is 10.1 Å². The lowest BCUT2D eigenvalue weighted by Crippen LogP contribution is -2.42. The van der Waals surface area contributed by atoms with Crippen LogP contribution >= 0.6 is 27.3 Å². The minimum absolute atomic E-state index is 0.177. The van der Waals surface area contributed by atoms with Crippen molar-refractivity contribution in [2.45, 2.75) is 45.1 Å². The molecule has 7 nitrogen and oxygen atoms in total. The van der Waals surface area contributed by atoms with Crippen LogP contribution in [0.5, 0.6) is 11.5 Å². The molecule has 174 valence electrons. The third-order valence-electron chi connectivity index (χ3n) is 5.03. The summed E-state index contributed by atoms with van der Waals surface area (Å²) >= 11 is 4.97. The Balaban J connectivity index is 1.45. The van der Waals surface area contributed by atoms with Crippen molar-refractivity contribution >= 4 is 44.3 Å². The van der Waals surface area contributed by atoms with Gasteiger partial charge in [0.05, 0.1) is 5.69 Å². The number of hydrogen-bond donors (Lipinski definition) is 1. The van der Waals surface area contributed by atoms with E-state index in [4.69, 9.17) is 14.5 Å². The van der Waals surface area contributed by atoms with E-state index in [1.165, 1.54) is 11.3 Å². The molecule has 0 aliphatic carbocycles. The van der Waals surface area contributed by atoms with Gasteiger partial charge in [-0.1, -0.05) is 18.2 Å². The van der Waals surface area contributed by atoms with Gasteiger partial charge in [0, 0.05) is 41.1 Å². The van der Waals surface area contributed by atoms with Crippen LogP contribution in [-0.2, 0) is 4.74 Å². The standard InChI is InChI=1S/C24H27BrN4O3S/c1-24(2,3)32-23(30)29-11-7-8-16(14-29)19-15-33-22(27-19)28-21-20(12-17(25)13-26-21)31-18-9-5-4-6-10-18/h4-6,9-10,12-13,15-16H,7-8,11,14H2,1-3H3,(H,26,27,28). The maximum atomic E-state index is 12.5. The molecule has 1 aliphatic heterocycles. The van der Waals surface area contributed by atoms with Gasteiger partial charge in [0.25, 0.3) is 0 Å². The molecule has 0 spiro atoms. The number of piperidine rings is 1. The summed E-state index contributed by atoms with van der Waals surface area (Å²) in [7, 11) is 0. The van der Waals surface area contributed by atoms with E-state index in [2.05, 4.69) is 26.2 Å². The smallest absolute Gasteiger partial charge is 0.410 e. The number of likely N-dealkylation sites (tertiary alicyclic amines) is 1. The molecule has 1 aliphatic rings. The number of pyridine rings is 1. The average Bonchev–Trinajstić information content (AvgIpc) is 3.24. The normalized spacial score (nSPS) is 16.4. The zero-order valence-corrected chi connectivity index (χ0v) is 21.3. The van der Waals surface area contributed by atoms with Crippen LogP contribution in [0.2, 0.25) is 0 Å². The third kappa shape index (κ3) is 6.45. The molecule has 1 N–H and O–H groups in total. The summed E-state index contributed by atoms with van der Waals surface area (Å²) < 4.78 is 12.4. The van der Waals surface area contributed by atoms with Crippen LogP contribution in [0.4, 0.5) is 15.7 Å². The summed E-state index contributed by atoms with van der Waals surface area (Å²) in [4.78, 5) is 23.5. The fourth-order valence-electron chi connectivity index (χ4n) is 3.55. The van der Waals surface area contributed by atoms with Gasteiger partial charge in [-0.05, 0) is 61.7 Å². The van der Waals surface area contributed by atoms with Crippen molar-refractivity contribution in [2.75, 3.05) is 18.4 Å². The van der Waals surface area contributed by atoms with Crippen molar-refractivity contribution in [1.82, 2.24) is 14.9 Å². The molecule has 9 heteroatoms. The Morgan fingerprint density at radius 3 is 2.82 bits per heavy atom. The molecule has 0 saturated carbocycles. The van der Waals surface area contributed by atoms with E-state index in [0.717, 1.165) is 33.9 Å². The lowest BCUT2D eigenvalue weighted by Gasteiger charge is -2.33. The molecule has 1 fully saturated rings. The van der Waals surface area contributed by atoms with Crippen molar-refractivity contribution in [3.8, 4) is 11.5 Å². The van der Waals surface area contributed by atoms with E-state index in [0.29, 0.717) is 24.7 Å². The quantitative estimate of drug-likeness (QED) is 0.384. The number of benzene rings is 1. The highest BCUT2D eigenvalue weighted by Crippen LogP contribution is 2.35. The number of amides is 1. The molecule has 33 heavy (non-hydrogen) atoms. The van der Waals surface area contributed by atoms with Gasteiger partial charge < -0.3 is 19.7 Å². The number of hydrogen-bond acceptors (Lipinski definition) is 7. The van der Waals surface area contributed by atoms with Crippen LogP contribution in [0.3, 0.4) is 0 Å². The van der Waals surface area contributed by atoms with Crippen molar-refractivity contribution in [3.05, 3.63) is 58.1 Å². The van der Waals surface area contributed by atoms with Crippen molar-refractivity contribution in [2.24, 2.45) is 0 Å². The second kappa shape index (κ2) is 10.1. The summed E-state index contributed by atoms with van der Waals surface area (Å²) in [5.74, 6) is 2.09. The topological polar surface area (TPSA) is 76.6 Å². The number of carbonyl (C=O) groups excluding carboxylic acids is 1. The largest absolute Gasteiger partial charge is 0.453 e. The molecule has 3 heterocycles. The van der Waals surface area contributed by atoms with E-state index in [9.17, 15) is 4.79 Å². The molecular weight excluding hydrogens is 504 g/mol. The lowest BCUT2D eigenvalue weighted by atomic mass is 9.96. The Bertz CT molecular complexity index is 1100. The highest BCUT2D eigenvalue weighted by atomic mass is 79.9. The van der Waals surface area contributed by atoms with Gasteiger partial charge in [0.1, 0.15) is 11.4 Å². The predicted molar refractivity (Wildman–Crippen MR) is 134 cm³/mol. The van der Waals surface area contributed by atoms with Gasteiger partial charge in [-0.15, -0.1) is 11.3 Å². The molecule has 1 aromatic carbocycles. The van der Waals surface area contributed by atoms with E-state index in [1.54, 1.807) is 11.1 Å². The van der Waals surface area contributed by atoms with E-state index >= 15 is 0 Å². The number of thiazole rings is 1. The summed E-state index contributed by atoms with van der Waals surface area (Å²) in [5, 5.41) is 6.06. The lowest BCUT2D eigenvalue weighted by molar-refractivity contribution is 0.0197. The first-order valence-corrected chi connectivity index (χ1v) is 12.5. The van der Waals surface area contributed by atoms with Crippen LogP contribution in [0.1, 0.15) is 45.2 Å². The molecule has 3 aromatic rings. The van der Waals surface area contributed by atoms with Crippen molar-refractivity contribution in [3.63, 3.8) is 0 Å². The van der Waals surface area contributed by atoms with Gasteiger partial charge in [-0.2, -0.15) is 0 Å². The van der Waals surface area contributed by atoms with Crippen molar-refractivity contribution < 1.29 is 14.3 Å². The summed E-state index contributed by atoms with van der Waals surface area (Å²) in [5.41, 5.74) is 0.470. The SMILES string of the molecule is CC(C)(C)OC(=O)N1CCCC(c2csc(Nc3ncc(Br)cc3Oc3ccccc3)n2)C1. The van der Waals surface area contributed by atoms with Gasteiger partial charge in [-0.25, -0.2) is 14.8 Å². The first-order valence-electron chi connectivity index (χ1n) is 10.9. The van der Waals surface area contributed by atoms with Gasteiger partial charge >= 0.3 is 6.09 Å². The summed E-state index contributed by atoms with van der Waals surface area (Å²) in [6.07, 6.45) is 3.37. The fourth-order valence-corrected chi connectivity index (χ4v) is 4.65. The Morgan fingerprint density at radius 2 is 2.06 bits per heavy atom. The molecular formula is C24H27BrN4O3S. The highest BCUT2D eigenvalue weighted by molar-refractivity contribution is 9.10. The van der Waals surface area contributed by atoms with Crippen molar-refractivity contribution in [1.29, 1.82) is 0 Å². The third-order valence-corrected chi connectivity index (χ3v) is 6.24. The van der Waals surface area contributed by atoms with Gasteiger partial charge in [0.15, 0.2) is 16.7 Å². The van der Waals surface area contributed by atoms with Crippen LogP contribution in [0.25, 0.3) is 0 Å². The molecule has 2 aromatic heterocycles. The van der Waals surface area contributed by atoms with Crippen LogP contribution in [0.15, 0.2) is 52.4 Å². The highest BCUT2D eigenvalue weighted by Gasteiger charge is 2.29. The Kier molecular flexibility index (Phi) is 7.19. The summed E-state index contributed by atoms with van der Waals surface area (Å²) in [6.45, 7) is 6.98. The number of anilines is 2. The zero-order valence-electron chi connectivity index (χ0n) is 18.9.